The number of benzene rings is 3. The van der Waals surface area contributed by atoms with Gasteiger partial charge in [-0.05, 0) is 55.7 Å². The lowest BCUT2D eigenvalue weighted by Gasteiger charge is -2.16. The van der Waals surface area contributed by atoms with E-state index in [9.17, 15) is 4.79 Å². The van der Waals surface area contributed by atoms with E-state index in [0.717, 1.165) is 45.5 Å². The van der Waals surface area contributed by atoms with Crippen LogP contribution in [0.3, 0.4) is 0 Å². The van der Waals surface area contributed by atoms with Crippen LogP contribution in [0.25, 0.3) is 27.8 Å². The van der Waals surface area contributed by atoms with Gasteiger partial charge in [0.2, 0.25) is 0 Å². The van der Waals surface area contributed by atoms with Crippen molar-refractivity contribution in [3.8, 4) is 16.9 Å². The summed E-state index contributed by atoms with van der Waals surface area (Å²) in [5.41, 5.74) is 7.34. The molecule has 0 fully saturated rings. The average Bonchev–Trinajstić information content (AvgIpc) is 3.29. The normalized spacial score (nSPS) is 12.0. The molecular formula is C30H28N4O. The molecule has 174 valence electrons. The summed E-state index contributed by atoms with van der Waals surface area (Å²) in [5.74, 6) is -0.124. The molecule has 2 heterocycles. The first-order chi connectivity index (χ1) is 17.0. The minimum Gasteiger partial charge on any atom is -0.345 e. The Labute approximate surface area is 205 Å². The highest BCUT2D eigenvalue weighted by atomic mass is 16.1. The second-order valence-electron chi connectivity index (χ2n) is 8.75. The van der Waals surface area contributed by atoms with Crippen molar-refractivity contribution in [3.05, 3.63) is 114 Å². The Morgan fingerprint density at radius 1 is 0.971 bits per heavy atom. The minimum absolute atomic E-state index is 0.116. The largest absolute Gasteiger partial charge is 0.345 e. The number of hydrogen-bond donors (Lipinski definition) is 1. The van der Waals surface area contributed by atoms with Crippen molar-refractivity contribution in [2.75, 3.05) is 0 Å². The molecule has 0 aliphatic carbocycles. The van der Waals surface area contributed by atoms with Crippen LogP contribution < -0.4 is 5.32 Å². The predicted molar refractivity (Wildman–Crippen MR) is 141 cm³/mol. The molecule has 5 heteroatoms. The Bertz CT molecular complexity index is 1490. The van der Waals surface area contributed by atoms with E-state index in [1.54, 1.807) is 0 Å². The van der Waals surface area contributed by atoms with Crippen molar-refractivity contribution in [1.29, 1.82) is 0 Å². The Balaban J connectivity index is 1.54. The third kappa shape index (κ3) is 4.45. The molecule has 0 radical (unpaired) electrons. The number of fused-ring (bicyclic) bond motifs is 1. The van der Waals surface area contributed by atoms with Crippen LogP contribution in [-0.4, -0.2) is 20.7 Å². The third-order valence-corrected chi connectivity index (χ3v) is 6.48. The number of carbonyl (C=O) groups excluding carboxylic acids is 1. The van der Waals surface area contributed by atoms with E-state index in [-0.39, 0.29) is 11.9 Å². The van der Waals surface area contributed by atoms with Gasteiger partial charge in [-0.3, -0.25) is 4.79 Å². The fraction of sp³-hybridized carbons (Fsp3) is 0.167. The van der Waals surface area contributed by atoms with Gasteiger partial charge in [0, 0.05) is 10.9 Å². The zero-order chi connectivity index (χ0) is 24.4. The van der Waals surface area contributed by atoms with Crippen molar-refractivity contribution in [3.63, 3.8) is 0 Å². The van der Waals surface area contributed by atoms with E-state index in [1.807, 2.05) is 85.4 Å². The summed E-state index contributed by atoms with van der Waals surface area (Å²) in [6.07, 6.45) is 2.83. The number of rotatable bonds is 6. The van der Waals surface area contributed by atoms with Crippen LogP contribution in [0.5, 0.6) is 0 Å². The predicted octanol–water partition coefficient (Wildman–Crippen LogP) is 6.45. The number of amides is 1. The number of nitrogens with zero attached hydrogens (tertiary/aromatic N) is 3. The fourth-order valence-corrected chi connectivity index (χ4v) is 4.39. The number of nitrogens with one attached hydrogen (secondary N) is 1. The third-order valence-electron chi connectivity index (χ3n) is 6.48. The van der Waals surface area contributed by atoms with Gasteiger partial charge in [-0.15, -0.1) is 0 Å². The molecule has 0 saturated carbocycles. The van der Waals surface area contributed by atoms with Crippen molar-refractivity contribution < 1.29 is 4.79 Å². The molecule has 1 atom stereocenters. The van der Waals surface area contributed by atoms with Crippen molar-refractivity contribution in [1.82, 2.24) is 20.1 Å². The number of hydrogen-bond acceptors (Lipinski definition) is 3. The highest BCUT2D eigenvalue weighted by Crippen LogP contribution is 2.28. The van der Waals surface area contributed by atoms with Crippen molar-refractivity contribution in [2.45, 2.75) is 33.2 Å². The van der Waals surface area contributed by atoms with Crippen LogP contribution in [0.2, 0.25) is 0 Å². The molecule has 0 unspecified atom stereocenters. The maximum atomic E-state index is 13.4. The van der Waals surface area contributed by atoms with Gasteiger partial charge in [0.1, 0.15) is 0 Å². The van der Waals surface area contributed by atoms with E-state index in [2.05, 4.69) is 41.6 Å². The summed E-state index contributed by atoms with van der Waals surface area (Å²) >= 11 is 0. The lowest BCUT2D eigenvalue weighted by molar-refractivity contribution is 0.0941. The van der Waals surface area contributed by atoms with Gasteiger partial charge < -0.3 is 5.32 Å². The molecule has 2 aromatic heterocycles. The van der Waals surface area contributed by atoms with Crippen molar-refractivity contribution >= 4 is 16.8 Å². The molecule has 3 aromatic carbocycles. The molecule has 0 saturated heterocycles. The summed E-state index contributed by atoms with van der Waals surface area (Å²) < 4.78 is 1.92. The Hall–Kier alpha value is -4.25. The molecule has 0 bridgehead atoms. The molecule has 1 N–H and O–H groups in total. The Kier molecular flexibility index (Phi) is 6.15. The molecule has 5 aromatic rings. The summed E-state index contributed by atoms with van der Waals surface area (Å²) in [6.45, 7) is 6.17. The molecule has 1 amide bonds. The summed E-state index contributed by atoms with van der Waals surface area (Å²) in [4.78, 5) is 18.3. The Morgan fingerprint density at radius 2 is 1.69 bits per heavy atom. The molecule has 0 aliphatic rings. The molecule has 0 aliphatic heterocycles. The van der Waals surface area contributed by atoms with Gasteiger partial charge in [0.15, 0.2) is 0 Å². The van der Waals surface area contributed by atoms with Crippen LogP contribution in [0.1, 0.15) is 47.1 Å². The Morgan fingerprint density at radius 3 is 2.43 bits per heavy atom. The first-order valence-corrected chi connectivity index (χ1v) is 11.9. The molecule has 0 spiro atoms. The molecule has 5 rings (SSSR count). The summed E-state index contributed by atoms with van der Waals surface area (Å²) in [7, 11) is 0. The highest BCUT2D eigenvalue weighted by Gasteiger charge is 2.19. The first kappa shape index (κ1) is 22.5. The van der Waals surface area contributed by atoms with Gasteiger partial charge in [-0.1, -0.05) is 67.6 Å². The van der Waals surface area contributed by atoms with Crippen LogP contribution in [0.15, 0.2) is 91.1 Å². The van der Waals surface area contributed by atoms with Crippen LogP contribution in [0.4, 0.5) is 0 Å². The second-order valence-corrected chi connectivity index (χ2v) is 8.75. The van der Waals surface area contributed by atoms with Crippen LogP contribution >= 0.6 is 0 Å². The van der Waals surface area contributed by atoms with Gasteiger partial charge in [0.05, 0.1) is 40.4 Å². The van der Waals surface area contributed by atoms with E-state index in [1.165, 1.54) is 5.56 Å². The summed E-state index contributed by atoms with van der Waals surface area (Å²) in [6, 6.07) is 27.9. The van der Waals surface area contributed by atoms with E-state index >= 15 is 0 Å². The van der Waals surface area contributed by atoms with Gasteiger partial charge in [0.25, 0.3) is 5.91 Å². The topological polar surface area (TPSA) is 59.8 Å². The minimum atomic E-state index is -0.124. The monoisotopic (exact) mass is 460 g/mol. The molecule has 35 heavy (non-hydrogen) atoms. The first-order valence-electron chi connectivity index (χ1n) is 11.9. The lowest BCUT2D eigenvalue weighted by Crippen LogP contribution is -2.27. The van der Waals surface area contributed by atoms with Gasteiger partial charge in [-0.2, -0.15) is 5.10 Å². The quantitative estimate of drug-likeness (QED) is 0.317. The summed E-state index contributed by atoms with van der Waals surface area (Å²) in [5, 5.41) is 8.62. The van der Waals surface area contributed by atoms with Gasteiger partial charge >= 0.3 is 0 Å². The van der Waals surface area contributed by atoms with E-state index in [0.29, 0.717) is 5.56 Å². The van der Waals surface area contributed by atoms with E-state index < -0.39 is 0 Å². The van der Waals surface area contributed by atoms with E-state index in [4.69, 9.17) is 4.98 Å². The maximum absolute atomic E-state index is 13.4. The lowest BCUT2D eigenvalue weighted by atomic mass is 10.0. The second kappa shape index (κ2) is 9.55. The SMILES string of the molecule is CCc1ccc(-n2ncc(-c3cc(C(=O)N[C@H](C)c4ccccc4)c4ccccc4n3)c2C)cc1. The van der Waals surface area contributed by atoms with Crippen LogP contribution in [0, 0.1) is 6.92 Å². The maximum Gasteiger partial charge on any atom is 0.252 e. The number of aryl methyl sites for hydroxylation is 1. The van der Waals surface area contributed by atoms with Crippen LogP contribution in [-0.2, 0) is 6.42 Å². The average molecular weight is 461 g/mol. The zero-order valence-corrected chi connectivity index (χ0v) is 20.2. The number of para-hydroxylation sites is 1. The molecular weight excluding hydrogens is 432 g/mol. The highest BCUT2D eigenvalue weighted by molar-refractivity contribution is 6.07. The fourth-order valence-electron chi connectivity index (χ4n) is 4.39. The number of pyridine rings is 1. The standard InChI is InChI=1S/C30H28N4O/c1-4-22-14-16-24(17-15-22)34-21(3)27(19-31-34)29-18-26(25-12-8-9-13-28(25)33-29)30(35)32-20(2)23-10-6-5-7-11-23/h5-20H,4H2,1-3H3,(H,32,35)/t20-/m1/s1. The zero-order valence-electron chi connectivity index (χ0n) is 20.2. The smallest absolute Gasteiger partial charge is 0.252 e. The van der Waals surface area contributed by atoms with Gasteiger partial charge in [-0.25, -0.2) is 9.67 Å². The molecule has 5 nitrogen and oxygen atoms in total. The number of aromatic nitrogens is 3. The van der Waals surface area contributed by atoms with Crippen molar-refractivity contribution in [2.24, 2.45) is 0 Å². The number of carbonyl (C=O) groups is 1.